The van der Waals surface area contributed by atoms with Gasteiger partial charge in [0.15, 0.2) is 0 Å². The molecular weight excluding hydrogens is 276 g/mol. The third kappa shape index (κ3) is 2.61. The summed E-state index contributed by atoms with van der Waals surface area (Å²) in [6.45, 7) is 6.04. The monoisotopic (exact) mass is 300 g/mol. The molecule has 1 aliphatic heterocycles. The minimum Gasteiger partial charge on any atom is -0.337 e. The van der Waals surface area contributed by atoms with Gasteiger partial charge in [-0.15, -0.1) is 0 Å². The number of aromatic nitrogens is 2. The molecular formula is C17H24N4O. The molecule has 0 unspecified atom stereocenters. The summed E-state index contributed by atoms with van der Waals surface area (Å²) in [6.07, 6.45) is 4.06. The van der Waals surface area contributed by atoms with Crippen LogP contribution in [0.4, 0.5) is 0 Å². The lowest BCUT2D eigenvalue weighted by atomic mass is 10.0. The molecule has 5 nitrogen and oxygen atoms in total. The average Bonchev–Trinajstić information content (AvgIpc) is 2.82. The van der Waals surface area contributed by atoms with Gasteiger partial charge in [-0.25, -0.2) is 4.98 Å². The Kier molecular flexibility index (Phi) is 3.91. The first-order valence-electron chi connectivity index (χ1n) is 7.88. The van der Waals surface area contributed by atoms with Crippen LogP contribution in [0, 0.1) is 13.8 Å². The first kappa shape index (κ1) is 15.0. The van der Waals surface area contributed by atoms with Crippen LogP contribution < -0.4 is 0 Å². The lowest BCUT2D eigenvalue weighted by Crippen LogP contribution is -2.44. The minimum absolute atomic E-state index is 0.0742. The van der Waals surface area contributed by atoms with E-state index in [9.17, 15) is 4.79 Å². The van der Waals surface area contributed by atoms with Crippen molar-refractivity contribution < 1.29 is 4.79 Å². The van der Waals surface area contributed by atoms with Crippen LogP contribution in [-0.4, -0.2) is 58.3 Å². The van der Waals surface area contributed by atoms with Crippen molar-refractivity contribution in [3.05, 3.63) is 35.3 Å². The molecule has 0 saturated carbocycles. The van der Waals surface area contributed by atoms with Crippen LogP contribution in [-0.2, 0) is 0 Å². The van der Waals surface area contributed by atoms with Crippen LogP contribution in [0.1, 0.15) is 34.6 Å². The predicted octanol–water partition coefficient (Wildman–Crippen LogP) is 2.12. The molecule has 0 spiro atoms. The smallest absolute Gasteiger partial charge is 0.272 e. The van der Waals surface area contributed by atoms with E-state index in [4.69, 9.17) is 0 Å². The Balaban J connectivity index is 1.91. The number of aryl methyl sites for hydroxylation is 2. The maximum Gasteiger partial charge on any atom is 0.272 e. The number of amides is 1. The SMILES string of the molecule is Cc1ccc2nc(C)c(C(=O)N(C)C3CCN(C)CC3)n2c1. The van der Waals surface area contributed by atoms with Crippen LogP contribution in [0.3, 0.4) is 0 Å². The van der Waals surface area contributed by atoms with E-state index < -0.39 is 0 Å². The molecule has 0 aliphatic carbocycles. The Bertz CT molecular complexity index is 698. The van der Waals surface area contributed by atoms with Gasteiger partial charge in [0, 0.05) is 19.3 Å². The molecule has 1 fully saturated rings. The van der Waals surface area contributed by atoms with E-state index >= 15 is 0 Å². The number of hydrogen-bond acceptors (Lipinski definition) is 3. The molecule has 1 aliphatic rings. The van der Waals surface area contributed by atoms with Gasteiger partial charge in [0.25, 0.3) is 5.91 Å². The summed E-state index contributed by atoms with van der Waals surface area (Å²) in [5, 5.41) is 0. The second-order valence-electron chi connectivity index (χ2n) is 6.43. The van der Waals surface area contributed by atoms with E-state index in [0.29, 0.717) is 11.7 Å². The summed E-state index contributed by atoms with van der Waals surface area (Å²) >= 11 is 0. The molecule has 2 aromatic rings. The maximum atomic E-state index is 13.0. The van der Waals surface area contributed by atoms with E-state index in [1.54, 1.807) is 0 Å². The number of nitrogens with zero attached hydrogens (tertiary/aromatic N) is 4. The normalized spacial score (nSPS) is 17.1. The lowest BCUT2D eigenvalue weighted by Gasteiger charge is -2.35. The number of fused-ring (bicyclic) bond motifs is 1. The van der Waals surface area contributed by atoms with Crippen molar-refractivity contribution in [1.82, 2.24) is 19.2 Å². The van der Waals surface area contributed by atoms with Gasteiger partial charge in [-0.05, 0) is 58.5 Å². The van der Waals surface area contributed by atoms with Crippen molar-refractivity contribution in [3.63, 3.8) is 0 Å². The zero-order chi connectivity index (χ0) is 15.9. The number of pyridine rings is 1. The van der Waals surface area contributed by atoms with E-state index in [0.717, 1.165) is 42.8 Å². The van der Waals surface area contributed by atoms with Crippen LogP contribution >= 0.6 is 0 Å². The number of carbonyl (C=O) groups is 1. The Labute approximate surface area is 131 Å². The van der Waals surface area contributed by atoms with Crippen LogP contribution in [0.2, 0.25) is 0 Å². The van der Waals surface area contributed by atoms with Gasteiger partial charge in [0.05, 0.1) is 5.69 Å². The zero-order valence-electron chi connectivity index (χ0n) is 13.8. The largest absolute Gasteiger partial charge is 0.337 e. The zero-order valence-corrected chi connectivity index (χ0v) is 13.8. The van der Waals surface area contributed by atoms with Crippen molar-refractivity contribution in [2.75, 3.05) is 27.2 Å². The van der Waals surface area contributed by atoms with Gasteiger partial charge in [0.2, 0.25) is 0 Å². The summed E-state index contributed by atoms with van der Waals surface area (Å²) in [5.74, 6) is 0.0742. The highest BCUT2D eigenvalue weighted by atomic mass is 16.2. The van der Waals surface area contributed by atoms with Crippen LogP contribution in [0.5, 0.6) is 0 Å². The minimum atomic E-state index is 0.0742. The first-order chi connectivity index (χ1) is 10.5. The summed E-state index contributed by atoms with van der Waals surface area (Å²) in [7, 11) is 4.06. The Morgan fingerprint density at radius 2 is 1.95 bits per heavy atom. The number of hydrogen-bond donors (Lipinski definition) is 0. The maximum absolute atomic E-state index is 13.0. The summed E-state index contributed by atoms with van der Waals surface area (Å²) in [4.78, 5) is 21.7. The van der Waals surface area contributed by atoms with Gasteiger partial charge in [0.1, 0.15) is 11.3 Å². The number of rotatable bonds is 2. The number of piperidine rings is 1. The second-order valence-corrected chi connectivity index (χ2v) is 6.43. The molecule has 0 atom stereocenters. The average molecular weight is 300 g/mol. The Hall–Kier alpha value is -1.88. The molecule has 0 N–H and O–H groups in total. The topological polar surface area (TPSA) is 40.9 Å². The van der Waals surface area contributed by atoms with E-state index in [-0.39, 0.29) is 5.91 Å². The predicted molar refractivity (Wildman–Crippen MR) is 87.3 cm³/mol. The number of likely N-dealkylation sites (tertiary alicyclic amines) is 1. The molecule has 3 heterocycles. The highest BCUT2D eigenvalue weighted by Gasteiger charge is 2.27. The summed E-state index contributed by atoms with van der Waals surface area (Å²) in [6, 6.07) is 4.31. The fourth-order valence-electron chi connectivity index (χ4n) is 3.24. The van der Waals surface area contributed by atoms with Gasteiger partial charge >= 0.3 is 0 Å². The molecule has 3 rings (SSSR count). The number of imidazole rings is 1. The standard InChI is InChI=1S/C17H24N4O/c1-12-5-6-15-18-13(2)16(21(15)11-12)17(22)20(4)14-7-9-19(3)10-8-14/h5-6,11,14H,7-10H2,1-4H3. The highest BCUT2D eigenvalue weighted by Crippen LogP contribution is 2.20. The Morgan fingerprint density at radius 3 is 2.64 bits per heavy atom. The quantitative estimate of drug-likeness (QED) is 0.853. The summed E-state index contributed by atoms with van der Waals surface area (Å²) in [5.41, 5.74) is 3.46. The fraction of sp³-hybridized carbons (Fsp3) is 0.529. The number of carbonyl (C=O) groups excluding carboxylic acids is 1. The van der Waals surface area contributed by atoms with Crippen molar-refractivity contribution in [3.8, 4) is 0 Å². The van der Waals surface area contributed by atoms with Gasteiger partial charge in [-0.2, -0.15) is 0 Å². The third-order valence-corrected chi connectivity index (χ3v) is 4.70. The highest BCUT2D eigenvalue weighted by molar-refractivity contribution is 5.94. The first-order valence-corrected chi connectivity index (χ1v) is 7.88. The van der Waals surface area contributed by atoms with Gasteiger partial charge in [-0.1, -0.05) is 6.07 Å². The van der Waals surface area contributed by atoms with Crippen molar-refractivity contribution in [2.24, 2.45) is 0 Å². The van der Waals surface area contributed by atoms with Gasteiger partial charge in [-0.3, -0.25) is 9.20 Å². The van der Waals surface area contributed by atoms with Gasteiger partial charge < -0.3 is 9.80 Å². The fourth-order valence-corrected chi connectivity index (χ4v) is 3.24. The molecule has 2 aromatic heterocycles. The van der Waals surface area contributed by atoms with Crippen LogP contribution in [0.15, 0.2) is 18.3 Å². The van der Waals surface area contributed by atoms with Crippen LogP contribution in [0.25, 0.3) is 5.65 Å². The second kappa shape index (κ2) is 5.72. The van der Waals surface area contributed by atoms with Crippen molar-refractivity contribution in [2.45, 2.75) is 32.7 Å². The Morgan fingerprint density at radius 1 is 1.27 bits per heavy atom. The molecule has 22 heavy (non-hydrogen) atoms. The lowest BCUT2D eigenvalue weighted by molar-refractivity contribution is 0.0652. The van der Waals surface area contributed by atoms with E-state index in [1.165, 1.54) is 0 Å². The summed E-state index contributed by atoms with van der Waals surface area (Å²) < 4.78 is 1.93. The molecule has 0 aromatic carbocycles. The molecule has 0 bridgehead atoms. The molecule has 5 heteroatoms. The molecule has 118 valence electrons. The van der Waals surface area contributed by atoms with Crippen molar-refractivity contribution >= 4 is 11.6 Å². The van der Waals surface area contributed by atoms with E-state index in [1.807, 2.05) is 48.5 Å². The molecule has 1 saturated heterocycles. The van der Waals surface area contributed by atoms with E-state index in [2.05, 4.69) is 16.9 Å². The van der Waals surface area contributed by atoms with Crippen molar-refractivity contribution in [1.29, 1.82) is 0 Å². The molecule has 0 radical (unpaired) electrons. The molecule has 1 amide bonds. The third-order valence-electron chi connectivity index (χ3n) is 4.70.